The molecule has 0 aliphatic carbocycles. The summed E-state index contributed by atoms with van der Waals surface area (Å²) in [5.41, 5.74) is 3.03. The van der Waals surface area contributed by atoms with Crippen LogP contribution in [0.2, 0.25) is 0 Å². The van der Waals surface area contributed by atoms with Crippen molar-refractivity contribution < 1.29 is 4.79 Å². The number of hydrogen-bond donors (Lipinski definition) is 0. The minimum atomic E-state index is -0.0243. The van der Waals surface area contributed by atoms with Gasteiger partial charge in [0.2, 0.25) is 0 Å². The van der Waals surface area contributed by atoms with Gasteiger partial charge in [0.05, 0.1) is 10.6 Å². The van der Waals surface area contributed by atoms with E-state index in [9.17, 15) is 4.79 Å². The molecule has 0 spiro atoms. The number of amides is 1. The van der Waals surface area contributed by atoms with E-state index in [1.54, 1.807) is 11.9 Å². The lowest BCUT2D eigenvalue weighted by atomic mass is 10.2. The van der Waals surface area contributed by atoms with E-state index < -0.39 is 0 Å². The summed E-state index contributed by atoms with van der Waals surface area (Å²) in [6, 6.07) is 15.8. The normalized spacial score (nSPS) is 18.2. The molecule has 5 heteroatoms. The van der Waals surface area contributed by atoms with Gasteiger partial charge in [-0.05, 0) is 54.6 Å². The average Bonchev–Trinajstić information content (AvgIpc) is 2.80. The molecule has 0 radical (unpaired) electrons. The maximum atomic E-state index is 12.4. The van der Waals surface area contributed by atoms with Crippen LogP contribution in [0.1, 0.15) is 11.1 Å². The van der Waals surface area contributed by atoms with Crippen LogP contribution in [0.5, 0.6) is 0 Å². The highest BCUT2D eigenvalue weighted by atomic mass is 79.9. The van der Waals surface area contributed by atoms with Gasteiger partial charge in [0, 0.05) is 11.5 Å². The Labute approximate surface area is 148 Å². The Hall–Kier alpha value is -1.85. The van der Waals surface area contributed by atoms with E-state index in [-0.39, 0.29) is 5.91 Å². The number of benzene rings is 2. The second-order valence-electron chi connectivity index (χ2n) is 5.26. The van der Waals surface area contributed by atoms with Crippen molar-refractivity contribution in [3.05, 3.63) is 69.0 Å². The van der Waals surface area contributed by atoms with Gasteiger partial charge in [-0.15, -0.1) is 0 Å². The molecule has 0 N–H and O–H groups in total. The van der Waals surface area contributed by atoms with Crippen LogP contribution in [-0.4, -0.2) is 23.0 Å². The molecule has 0 bridgehead atoms. The van der Waals surface area contributed by atoms with E-state index in [2.05, 4.69) is 20.9 Å². The van der Waals surface area contributed by atoms with Crippen molar-refractivity contribution in [2.75, 3.05) is 7.05 Å². The highest BCUT2D eigenvalue weighted by Crippen LogP contribution is 2.33. The van der Waals surface area contributed by atoms with Crippen molar-refractivity contribution in [3.8, 4) is 0 Å². The Balaban J connectivity index is 1.87. The zero-order valence-electron chi connectivity index (χ0n) is 12.8. The van der Waals surface area contributed by atoms with Gasteiger partial charge in [0.1, 0.15) is 0 Å². The van der Waals surface area contributed by atoms with Crippen LogP contribution in [0.15, 0.2) is 62.9 Å². The molecular weight excluding hydrogens is 372 g/mol. The lowest BCUT2D eigenvalue weighted by molar-refractivity contribution is -0.121. The summed E-state index contributed by atoms with van der Waals surface area (Å²) in [6.07, 6.45) is 1.90. The molecule has 3 rings (SSSR count). The van der Waals surface area contributed by atoms with E-state index in [0.717, 1.165) is 15.7 Å². The lowest BCUT2D eigenvalue weighted by Gasteiger charge is -2.07. The molecule has 1 amide bonds. The van der Waals surface area contributed by atoms with Gasteiger partial charge in [0.15, 0.2) is 5.17 Å². The Kier molecular flexibility index (Phi) is 4.68. The molecule has 1 aliphatic rings. The standard InChI is InChI=1S/C18H15BrN2OS/c1-12-3-9-15(10-4-12)20-18-21(2)17(22)16(23-18)11-13-5-7-14(19)8-6-13/h3-11H,1-2H3/b16-11+,20-18?. The molecule has 2 aromatic rings. The number of aryl methyl sites for hydroxylation is 1. The molecule has 0 aromatic heterocycles. The topological polar surface area (TPSA) is 32.7 Å². The number of nitrogens with zero attached hydrogens (tertiary/aromatic N) is 2. The fourth-order valence-electron chi connectivity index (χ4n) is 2.09. The number of aliphatic imine (C=N–C) groups is 1. The molecule has 0 atom stereocenters. The summed E-state index contributed by atoms with van der Waals surface area (Å²) < 4.78 is 1.02. The molecule has 1 fully saturated rings. The number of halogens is 1. The summed E-state index contributed by atoms with van der Waals surface area (Å²) in [4.78, 5) is 19.2. The summed E-state index contributed by atoms with van der Waals surface area (Å²) in [5.74, 6) is -0.0243. The maximum Gasteiger partial charge on any atom is 0.266 e. The van der Waals surface area contributed by atoms with Crippen LogP contribution in [0.3, 0.4) is 0 Å². The lowest BCUT2D eigenvalue weighted by Crippen LogP contribution is -2.23. The highest BCUT2D eigenvalue weighted by molar-refractivity contribution is 9.10. The Morgan fingerprint density at radius 1 is 1.09 bits per heavy atom. The molecule has 2 aromatic carbocycles. The third-order valence-corrected chi connectivity index (χ3v) is 5.02. The van der Waals surface area contributed by atoms with Crippen molar-refractivity contribution in [1.82, 2.24) is 4.90 Å². The molecule has 0 saturated carbocycles. The first-order valence-corrected chi connectivity index (χ1v) is 8.72. The monoisotopic (exact) mass is 386 g/mol. The number of likely N-dealkylation sites (N-methyl/N-ethyl adjacent to an activating group) is 1. The van der Waals surface area contributed by atoms with E-state index in [4.69, 9.17) is 0 Å². The van der Waals surface area contributed by atoms with Gasteiger partial charge in [0.25, 0.3) is 5.91 Å². The summed E-state index contributed by atoms with van der Waals surface area (Å²) in [6.45, 7) is 2.04. The van der Waals surface area contributed by atoms with Gasteiger partial charge < -0.3 is 0 Å². The van der Waals surface area contributed by atoms with Crippen LogP contribution in [0, 0.1) is 6.92 Å². The number of hydrogen-bond acceptors (Lipinski definition) is 3. The van der Waals surface area contributed by atoms with Crippen LogP contribution >= 0.6 is 27.7 Å². The second-order valence-corrected chi connectivity index (χ2v) is 7.18. The third kappa shape index (κ3) is 3.74. The smallest absolute Gasteiger partial charge is 0.266 e. The minimum absolute atomic E-state index is 0.0243. The van der Waals surface area contributed by atoms with E-state index in [1.807, 2.05) is 61.5 Å². The number of thioether (sulfide) groups is 1. The zero-order valence-corrected chi connectivity index (χ0v) is 15.2. The van der Waals surface area contributed by atoms with Crippen LogP contribution in [0.25, 0.3) is 6.08 Å². The van der Waals surface area contributed by atoms with Crippen LogP contribution in [0.4, 0.5) is 5.69 Å². The van der Waals surface area contributed by atoms with Crippen molar-refractivity contribution >= 4 is 50.5 Å². The first-order chi connectivity index (χ1) is 11.0. The van der Waals surface area contributed by atoms with Gasteiger partial charge in [-0.3, -0.25) is 9.69 Å². The van der Waals surface area contributed by atoms with Crippen LogP contribution in [-0.2, 0) is 4.79 Å². The highest BCUT2D eigenvalue weighted by Gasteiger charge is 2.30. The van der Waals surface area contributed by atoms with Gasteiger partial charge in [-0.25, -0.2) is 4.99 Å². The van der Waals surface area contributed by atoms with Gasteiger partial charge >= 0.3 is 0 Å². The molecule has 0 unspecified atom stereocenters. The number of amidine groups is 1. The predicted molar refractivity (Wildman–Crippen MR) is 101 cm³/mol. The summed E-state index contributed by atoms with van der Waals surface area (Å²) >= 11 is 4.81. The van der Waals surface area contributed by atoms with Crippen molar-refractivity contribution in [3.63, 3.8) is 0 Å². The predicted octanol–water partition coefficient (Wildman–Crippen LogP) is 4.99. The van der Waals surface area contributed by atoms with E-state index in [1.165, 1.54) is 17.3 Å². The fourth-order valence-corrected chi connectivity index (χ4v) is 3.34. The molecule has 23 heavy (non-hydrogen) atoms. The van der Waals surface area contributed by atoms with Crippen molar-refractivity contribution in [1.29, 1.82) is 0 Å². The Bertz CT molecular complexity index is 795. The largest absolute Gasteiger partial charge is 0.290 e. The zero-order chi connectivity index (χ0) is 16.4. The molecule has 116 valence electrons. The van der Waals surface area contributed by atoms with E-state index in [0.29, 0.717) is 10.1 Å². The SMILES string of the molecule is Cc1ccc(N=C2S/C(=C/c3ccc(Br)cc3)C(=O)N2C)cc1. The Morgan fingerprint density at radius 3 is 2.39 bits per heavy atom. The second kappa shape index (κ2) is 6.72. The van der Waals surface area contributed by atoms with Gasteiger partial charge in [-0.2, -0.15) is 0 Å². The van der Waals surface area contributed by atoms with Crippen LogP contribution < -0.4 is 0 Å². The summed E-state index contributed by atoms with van der Waals surface area (Å²) in [5, 5.41) is 0.696. The first-order valence-electron chi connectivity index (χ1n) is 7.11. The molecule has 1 heterocycles. The van der Waals surface area contributed by atoms with Crippen molar-refractivity contribution in [2.24, 2.45) is 4.99 Å². The van der Waals surface area contributed by atoms with Crippen molar-refractivity contribution in [2.45, 2.75) is 6.92 Å². The molecular formula is C18H15BrN2OS. The third-order valence-electron chi connectivity index (χ3n) is 3.43. The maximum absolute atomic E-state index is 12.4. The Morgan fingerprint density at radius 2 is 1.74 bits per heavy atom. The minimum Gasteiger partial charge on any atom is -0.290 e. The number of carbonyl (C=O) groups excluding carboxylic acids is 1. The summed E-state index contributed by atoms with van der Waals surface area (Å²) in [7, 11) is 1.75. The number of rotatable bonds is 2. The molecule has 1 aliphatic heterocycles. The molecule has 3 nitrogen and oxygen atoms in total. The number of carbonyl (C=O) groups is 1. The first kappa shape index (κ1) is 16.0. The van der Waals surface area contributed by atoms with Gasteiger partial charge in [-0.1, -0.05) is 45.8 Å². The molecule has 1 saturated heterocycles. The quantitative estimate of drug-likeness (QED) is 0.680. The fraction of sp³-hybridized carbons (Fsp3) is 0.111. The van der Waals surface area contributed by atoms with E-state index >= 15 is 0 Å². The average molecular weight is 387 g/mol.